The molecule has 4 heterocycles. The van der Waals surface area contributed by atoms with E-state index >= 15 is 0 Å². The minimum Gasteiger partial charge on any atom is -0.347 e. The molecule has 3 aliphatic heterocycles. The van der Waals surface area contributed by atoms with Gasteiger partial charge in [-0.15, -0.1) is 0 Å². The van der Waals surface area contributed by atoms with Crippen LogP contribution >= 0.6 is 0 Å². The van der Waals surface area contributed by atoms with Crippen LogP contribution in [0.3, 0.4) is 0 Å². The molecule has 0 bridgehead atoms. The van der Waals surface area contributed by atoms with Crippen LogP contribution in [0.25, 0.3) is 0 Å². The maximum atomic E-state index is 12.9. The Labute approximate surface area is 159 Å². The van der Waals surface area contributed by atoms with Crippen LogP contribution in [0.5, 0.6) is 0 Å². The van der Waals surface area contributed by atoms with Gasteiger partial charge in [0.25, 0.3) is 11.8 Å². The first kappa shape index (κ1) is 18.4. The zero-order valence-electron chi connectivity index (χ0n) is 15.7. The summed E-state index contributed by atoms with van der Waals surface area (Å²) in [5.74, 6) is -0.607. The van der Waals surface area contributed by atoms with Gasteiger partial charge in [0.05, 0.1) is 24.3 Å². The largest absolute Gasteiger partial charge is 0.347 e. The molecule has 0 aliphatic carbocycles. The monoisotopic (exact) mass is 373 g/mol. The smallest absolute Gasteiger partial charge is 0.255 e. The van der Waals surface area contributed by atoms with Gasteiger partial charge in [0.15, 0.2) is 5.79 Å². The molecule has 3 fully saturated rings. The number of hydrogen-bond acceptors (Lipinski definition) is 5. The summed E-state index contributed by atoms with van der Waals surface area (Å²) in [6.45, 7) is 3.99. The molecule has 0 aromatic carbocycles. The van der Waals surface area contributed by atoms with Gasteiger partial charge in [-0.3, -0.25) is 14.6 Å². The maximum Gasteiger partial charge on any atom is 0.255 e. The van der Waals surface area contributed by atoms with Gasteiger partial charge < -0.3 is 19.3 Å². The van der Waals surface area contributed by atoms with E-state index in [1.165, 1.54) is 12.8 Å². The van der Waals surface area contributed by atoms with Gasteiger partial charge in [-0.2, -0.15) is 0 Å². The first-order chi connectivity index (χ1) is 13.2. The zero-order chi connectivity index (χ0) is 18.7. The minimum absolute atomic E-state index is 0.0237. The predicted molar refractivity (Wildman–Crippen MR) is 98.4 cm³/mol. The van der Waals surface area contributed by atoms with Crippen LogP contribution in [-0.4, -0.2) is 71.8 Å². The topological polar surface area (TPSA) is 72.0 Å². The third kappa shape index (κ3) is 3.99. The Balaban J connectivity index is 1.42. The van der Waals surface area contributed by atoms with Gasteiger partial charge in [0.2, 0.25) is 0 Å². The number of pyridine rings is 1. The highest BCUT2D eigenvalue weighted by Crippen LogP contribution is 2.31. The van der Waals surface area contributed by atoms with Gasteiger partial charge in [0, 0.05) is 51.4 Å². The van der Waals surface area contributed by atoms with Crippen LogP contribution in [0.4, 0.5) is 0 Å². The highest BCUT2D eigenvalue weighted by atomic mass is 16.7. The summed E-state index contributed by atoms with van der Waals surface area (Å²) in [4.78, 5) is 33.5. The van der Waals surface area contributed by atoms with E-state index in [2.05, 4.69) is 4.98 Å². The highest BCUT2D eigenvalue weighted by molar-refractivity contribution is 5.99. The number of carbonyl (C=O) groups is 2. The fourth-order valence-corrected chi connectivity index (χ4v) is 4.15. The fourth-order valence-electron chi connectivity index (χ4n) is 4.15. The maximum absolute atomic E-state index is 12.9. The van der Waals surface area contributed by atoms with Crippen LogP contribution < -0.4 is 0 Å². The summed E-state index contributed by atoms with van der Waals surface area (Å²) >= 11 is 0. The number of rotatable bonds is 2. The Morgan fingerprint density at radius 3 is 1.89 bits per heavy atom. The molecule has 0 N–H and O–H groups in total. The summed E-state index contributed by atoms with van der Waals surface area (Å²) in [6.07, 6.45) is 8.89. The molecule has 0 atom stereocenters. The Hall–Kier alpha value is -1.99. The molecule has 7 nitrogen and oxygen atoms in total. The lowest BCUT2D eigenvalue weighted by Gasteiger charge is -2.37. The van der Waals surface area contributed by atoms with E-state index in [0.717, 1.165) is 25.9 Å². The van der Waals surface area contributed by atoms with Crippen molar-refractivity contribution in [1.29, 1.82) is 0 Å². The number of hydrogen-bond donors (Lipinski definition) is 0. The molecule has 1 aromatic rings. The Kier molecular flexibility index (Phi) is 5.41. The number of aromatic nitrogens is 1. The average molecular weight is 373 g/mol. The molecule has 2 amide bonds. The van der Waals surface area contributed by atoms with E-state index in [9.17, 15) is 9.59 Å². The number of piperidine rings is 1. The van der Waals surface area contributed by atoms with Gasteiger partial charge in [0.1, 0.15) is 0 Å². The molecule has 146 valence electrons. The predicted octanol–water partition coefficient (Wildman–Crippen LogP) is 2.08. The lowest BCUT2D eigenvalue weighted by Crippen LogP contribution is -2.47. The Bertz CT molecular complexity index is 684. The second kappa shape index (κ2) is 7.94. The van der Waals surface area contributed by atoms with Crippen LogP contribution in [0.1, 0.15) is 59.2 Å². The van der Waals surface area contributed by atoms with Gasteiger partial charge >= 0.3 is 0 Å². The van der Waals surface area contributed by atoms with Gasteiger partial charge in [-0.05, 0) is 18.9 Å². The molecular weight excluding hydrogens is 346 g/mol. The second-order valence-electron chi connectivity index (χ2n) is 7.57. The van der Waals surface area contributed by atoms with Crippen LogP contribution in [0.15, 0.2) is 18.5 Å². The van der Waals surface area contributed by atoms with Crippen molar-refractivity contribution in [3.8, 4) is 0 Å². The molecule has 1 aromatic heterocycles. The zero-order valence-corrected chi connectivity index (χ0v) is 15.7. The fraction of sp³-hybridized carbons (Fsp3) is 0.650. The third-order valence-corrected chi connectivity index (χ3v) is 5.75. The number of nitrogens with zero attached hydrogens (tertiary/aromatic N) is 3. The molecule has 1 spiro atoms. The Morgan fingerprint density at radius 1 is 0.815 bits per heavy atom. The molecule has 0 unspecified atom stereocenters. The lowest BCUT2D eigenvalue weighted by atomic mass is 10.0. The van der Waals surface area contributed by atoms with Crippen molar-refractivity contribution in [2.45, 2.75) is 44.3 Å². The van der Waals surface area contributed by atoms with E-state index < -0.39 is 5.79 Å². The number of amides is 2. The first-order valence-electron chi connectivity index (χ1n) is 9.98. The molecule has 4 rings (SSSR count). The van der Waals surface area contributed by atoms with Crippen molar-refractivity contribution in [1.82, 2.24) is 14.8 Å². The van der Waals surface area contributed by atoms with E-state index in [0.29, 0.717) is 50.3 Å². The quantitative estimate of drug-likeness (QED) is 0.794. The van der Waals surface area contributed by atoms with E-state index in [1.807, 2.05) is 4.90 Å². The van der Waals surface area contributed by atoms with Crippen molar-refractivity contribution in [2.75, 3.05) is 39.4 Å². The molecule has 0 saturated carbocycles. The number of likely N-dealkylation sites (tertiary alicyclic amines) is 2. The van der Waals surface area contributed by atoms with E-state index in [1.54, 1.807) is 23.4 Å². The van der Waals surface area contributed by atoms with Crippen molar-refractivity contribution in [3.05, 3.63) is 29.6 Å². The van der Waals surface area contributed by atoms with Crippen LogP contribution in [0, 0.1) is 0 Å². The molecule has 3 saturated heterocycles. The van der Waals surface area contributed by atoms with Gasteiger partial charge in [-0.1, -0.05) is 12.8 Å². The third-order valence-electron chi connectivity index (χ3n) is 5.75. The van der Waals surface area contributed by atoms with Crippen LogP contribution in [-0.2, 0) is 9.47 Å². The molecule has 7 heteroatoms. The van der Waals surface area contributed by atoms with Crippen molar-refractivity contribution in [3.63, 3.8) is 0 Å². The summed E-state index contributed by atoms with van der Waals surface area (Å²) in [7, 11) is 0. The SMILES string of the molecule is O=C(c1cncc(C(=O)N2CCC3(CC2)OCCO3)c1)N1CCCCCC1. The summed E-state index contributed by atoms with van der Waals surface area (Å²) < 4.78 is 11.4. The number of ether oxygens (including phenoxy) is 2. The normalized spacial score (nSPS) is 22.7. The van der Waals surface area contributed by atoms with E-state index in [-0.39, 0.29) is 11.8 Å². The second-order valence-corrected chi connectivity index (χ2v) is 7.57. The number of carbonyl (C=O) groups excluding carboxylic acids is 2. The minimum atomic E-state index is -0.500. The first-order valence-corrected chi connectivity index (χ1v) is 9.98. The standard InChI is InChI=1S/C20H27N3O4/c24-18(22-7-3-1-2-4-8-22)16-13-17(15-21-14-16)19(25)23-9-5-20(6-10-23)26-11-12-27-20/h13-15H,1-12H2. The van der Waals surface area contributed by atoms with Crippen molar-refractivity contribution >= 4 is 11.8 Å². The molecular formula is C20H27N3O4. The summed E-state index contributed by atoms with van der Waals surface area (Å²) in [6, 6.07) is 1.69. The van der Waals surface area contributed by atoms with E-state index in [4.69, 9.17) is 9.47 Å². The van der Waals surface area contributed by atoms with Crippen LogP contribution in [0.2, 0.25) is 0 Å². The van der Waals surface area contributed by atoms with Gasteiger partial charge in [-0.25, -0.2) is 0 Å². The summed E-state index contributed by atoms with van der Waals surface area (Å²) in [5.41, 5.74) is 0.971. The molecule has 27 heavy (non-hydrogen) atoms. The highest BCUT2D eigenvalue weighted by Gasteiger charge is 2.41. The Morgan fingerprint density at radius 2 is 1.33 bits per heavy atom. The van der Waals surface area contributed by atoms with Crippen molar-refractivity contribution in [2.24, 2.45) is 0 Å². The average Bonchev–Trinajstić information content (AvgIpc) is 2.99. The lowest BCUT2D eigenvalue weighted by molar-refractivity contribution is -0.181. The molecule has 3 aliphatic rings. The summed E-state index contributed by atoms with van der Waals surface area (Å²) in [5, 5.41) is 0. The van der Waals surface area contributed by atoms with Crippen molar-refractivity contribution < 1.29 is 19.1 Å². The molecule has 0 radical (unpaired) electrons.